The standard InChI is InChI=1S/C16H24FN/c1-3-6-14-12-18-10-9-16(14,2)11-13-7-4-5-8-15(13)17/h4-5,7-8,14,18H,3,6,9-12H2,1-2H3. The number of nitrogens with one attached hydrogen (secondary N) is 1. The highest BCUT2D eigenvalue weighted by Crippen LogP contribution is 2.39. The molecule has 2 atom stereocenters. The van der Waals surface area contributed by atoms with Gasteiger partial charge >= 0.3 is 0 Å². The van der Waals surface area contributed by atoms with Crippen LogP contribution in [-0.2, 0) is 6.42 Å². The molecule has 1 N–H and O–H groups in total. The molecule has 1 heterocycles. The van der Waals surface area contributed by atoms with Crippen molar-refractivity contribution in [2.75, 3.05) is 13.1 Å². The van der Waals surface area contributed by atoms with Gasteiger partial charge in [0.05, 0.1) is 0 Å². The van der Waals surface area contributed by atoms with E-state index < -0.39 is 0 Å². The molecule has 0 radical (unpaired) electrons. The fourth-order valence-electron chi connectivity index (χ4n) is 3.21. The summed E-state index contributed by atoms with van der Waals surface area (Å²) < 4.78 is 13.8. The van der Waals surface area contributed by atoms with Gasteiger partial charge in [0.1, 0.15) is 5.82 Å². The molecule has 1 aliphatic rings. The molecule has 0 amide bonds. The van der Waals surface area contributed by atoms with Crippen molar-refractivity contribution in [3.8, 4) is 0 Å². The molecule has 1 aromatic rings. The Morgan fingerprint density at radius 1 is 1.39 bits per heavy atom. The maximum atomic E-state index is 13.8. The summed E-state index contributed by atoms with van der Waals surface area (Å²) in [4.78, 5) is 0. The zero-order chi connectivity index (χ0) is 13.0. The number of halogens is 1. The van der Waals surface area contributed by atoms with Crippen LogP contribution in [-0.4, -0.2) is 13.1 Å². The fourth-order valence-corrected chi connectivity index (χ4v) is 3.21. The molecule has 1 nitrogen and oxygen atoms in total. The van der Waals surface area contributed by atoms with E-state index in [-0.39, 0.29) is 11.2 Å². The maximum Gasteiger partial charge on any atom is 0.126 e. The zero-order valence-corrected chi connectivity index (χ0v) is 11.5. The first-order valence-corrected chi connectivity index (χ1v) is 7.10. The van der Waals surface area contributed by atoms with Crippen molar-refractivity contribution in [1.82, 2.24) is 5.32 Å². The predicted molar refractivity (Wildman–Crippen MR) is 74.1 cm³/mol. The first-order chi connectivity index (χ1) is 8.65. The topological polar surface area (TPSA) is 12.0 Å². The van der Waals surface area contributed by atoms with Crippen LogP contribution >= 0.6 is 0 Å². The van der Waals surface area contributed by atoms with Crippen LogP contribution in [0.5, 0.6) is 0 Å². The number of piperidine rings is 1. The predicted octanol–water partition coefficient (Wildman–Crippen LogP) is 3.78. The summed E-state index contributed by atoms with van der Waals surface area (Å²) in [5.41, 5.74) is 1.12. The van der Waals surface area contributed by atoms with E-state index in [4.69, 9.17) is 0 Å². The van der Waals surface area contributed by atoms with E-state index in [1.165, 1.54) is 12.8 Å². The van der Waals surface area contributed by atoms with E-state index >= 15 is 0 Å². The molecule has 0 saturated carbocycles. The largest absolute Gasteiger partial charge is 0.316 e. The van der Waals surface area contributed by atoms with Crippen molar-refractivity contribution in [1.29, 1.82) is 0 Å². The van der Waals surface area contributed by atoms with Crippen molar-refractivity contribution in [3.63, 3.8) is 0 Å². The van der Waals surface area contributed by atoms with Crippen LogP contribution in [0.3, 0.4) is 0 Å². The number of hydrogen-bond acceptors (Lipinski definition) is 1. The van der Waals surface area contributed by atoms with Crippen LogP contribution in [0.2, 0.25) is 0 Å². The van der Waals surface area contributed by atoms with E-state index in [1.807, 2.05) is 12.1 Å². The van der Waals surface area contributed by atoms with Gasteiger partial charge in [-0.3, -0.25) is 0 Å². The molecule has 1 aliphatic heterocycles. The summed E-state index contributed by atoms with van der Waals surface area (Å²) in [5, 5.41) is 3.48. The SMILES string of the molecule is CCCC1CNCCC1(C)Cc1ccccc1F. The van der Waals surface area contributed by atoms with Gasteiger partial charge in [0, 0.05) is 0 Å². The third-order valence-electron chi connectivity index (χ3n) is 4.44. The molecular weight excluding hydrogens is 225 g/mol. The second-order valence-corrected chi connectivity index (χ2v) is 5.86. The van der Waals surface area contributed by atoms with Crippen LogP contribution in [0.4, 0.5) is 4.39 Å². The highest BCUT2D eigenvalue weighted by molar-refractivity contribution is 5.19. The van der Waals surface area contributed by atoms with Crippen LogP contribution < -0.4 is 5.32 Å². The Morgan fingerprint density at radius 3 is 2.89 bits per heavy atom. The van der Waals surface area contributed by atoms with E-state index in [9.17, 15) is 4.39 Å². The average molecular weight is 249 g/mol. The molecule has 2 rings (SSSR count). The molecule has 0 aromatic heterocycles. The van der Waals surface area contributed by atoms with Crippen molar-refractivity contribution in [3.05, 3.63) is 35.6 Å². The molecule has 1 fully saturated rings. The van der Waals surface area contributed by atoms with Gasteiger partial charge in [-0.15, -0.1) is 0 Å². The van der Waals surface area contributed by atoms with Crippen molar-refractivity contribution in [2.45, 2.75) is 39.5 Å². The fraction of sp³-hybridized carbons (Fsp3) is 0.625. The Morgan fingerprint density at radius 2 is 2.17 bits per heavy atom. The van der Waals surface area contributed by atoms with Crippen molar-refractivity contribution >= 4 is 0 Å². The summed E-state index contributed by atoms with van der Waals surface area (Å²) in [5.74, 6) is 0.614. The van der Waals surface area contributed by atoms with E-state index in [0.29, 0.717) is 5.92 Å². The van der Waals surface area contributed by atoms with Gasteiger partial charge in [-0.05, 0) is 55.3 Å². The quantitative estimate of drug-likeness (QED) is 0.856. The van der Waals surface area contributed by atoms with Crippen LogP contribution in [0.15, 0.2) is 24.3 Å². The lowest BCUT2D eigenvalue weighted by molar-refractivity contribution is 0.119. The third kappa shape index (κ3) is 2.92. The molecule has 1 saturated heterocycles. The van der Waals surface area contributed by atoms with Gasteiger partial charge in [-0.2, -0.15) is 0 Å². The van der Waals surface area contributed by atoms with E-state index in [1.54, 1.807) is 12.1 Å². The Labute approximate surface area is 110 Å². The molecule has 0 spiro atoms. The number of rotatable bonds is 4. The summed E-state index contributed by atoms with van der Waals surface area (Å²) in [7, 11) is 0. The van der Waals surface area contributed by atoms with Crippen molar-refractivity contribution in [2.24, 2.45) is 11.3 Å². The lowest BCUT2D eigenvalue weighted by atomic mass is 9.67. The van der Waals surface area contributed by atoms with Gasteiger partial charge in [-0.1, -0.05) is 38.5 Å². The van der Waals surface area contributed by atoms with Crippen LogP contribution in [0, 0.1) is 17.2 Å². The molecule has 0 bridgehead atoms. The van der Waals surface area contributed by atoms with Crippen molar-refractivity contribution < 1.29 is 4.39 Å². The maximum absolute atomic E-state index is 13.8. The van der Waals surface area contributed by atoms with E-state index in [0.717, 1.165) is 31.5 Å². The first-order valence-electron chi connectivity index (χ1n) is 7.10. The van der Waals surface area contributed by atoms with Gasteiger partial charge in [0.25, 0.3) is 0 Å². The molecule has 2 unspecified atom stereocenters. The second-order valence-electron chi connectivity index (χ2n) is 5.86. The van der Waals surface area contributed by atoms with Gasteiger partial charge in [0.15, 0.2) is 0 Å². The summed E-state index contributed by atoms with van der Waals surface area (Å²) >= 11 is 0. The second kappa shape index (κ2) is 5.83. The van der Waals surface area contributed by atoms with Gasteiger partial charge in [0.2, 0.25) is 0 Å². The third-order valence-corrected chi connectivity index (χ3v) is 4.44. The van der Waals surface area contributed by atoms with E-state index in [2.05, 4.69) is 19.2 Å². The first kappa shape index (κ1) is 13.5. The Kier molecular flexibility index (Phi) is 4.39. The van der Waals surface area contributed by atoms with Crippen LogP contribution in [0.25, 0.3) is 0 Å². The summed E-state index contributed by atoms with van der Waals surface area (Å²) in [6.07, 6.45) is 4.45. The Hall–Kier alpha value is -0.890. The molecule has 0 aliphatic carbocycles. The zero-order valence-electron chi connectivity index (χ0n) is 11.5. The number of hydrogen-bond donors (Lipinski definition) is 1. The van der Waals surface area contributed by atoms with Crippen LogP contribution in [0.1, 0.15) is 38.7 Å². The Balaban J connectivity index is 2.15. The molecule has 18 heavy (non-hydrogen) atoms. The normalized spacial score (nSPS) is 28.3. The molecule has 1 aromatic carbocycles. The van der Waals surface area contributed by atoms with Gasteiger partial charge in [-0.25, -0.2) is 4.39 Å². The summed E-state index contributed by atoms with van der Waals surface area (Å²) in [6, 6.07) is 7.23. The number of benzene rings is 1. The molecule has 2 heteroatoms. The minimum absolute atomic E-state index is 0.0486. The lowest BCUT2D eigenvalue weighted by Gasteiger charge is -2.42. The minimum atomic E-state index is -0.0486. The lowest BCUT2D eigenvalue weighted by Crippen LogP contribution is -2.44. The Bertz CT molecular complexity index is 388. The smallest absolute Gasteiger partial charge is 0.126 e. The summed E-state index contributed by atoms with van der Waals surface area (Å²) in [6.45, 7) is 6.71. The van der Waals surface area contributed by atoms with Gasteiger partial charge < -0.3 is 5.32 Å². The highest BCUT2D eigenvalue weighted by Gasteiger charge is 2.36. The molecule has 100 valence electrons. The molecular formula is C16H24FN. The highest BCUT2D eigenvalue weighted by atomic mass is 19.1. The minimum Gasteiger partial charge on any atom is -0.316 e. The monoisotopic (exact) mass is 249 g/mol. The average Bonchev–Trinajstić information content (AvgIpc) is 2.36.